The van der Waals surface area contributed by atoms with E-state index in [4.69, 9.17) is 17.3 Å². The van der Waals surface area contributed by atoms with E-state index in [0.717, 1.165) is 25.0 Å². The minimum absolute atomic E-state index is 0.0489. The highest BCUT2D eigenvalue weighted by Crippen LogP contribution is 2.38. The molecule has 0 aliphatic heterocycles. The van der Waals surface area contributed by atoms with Gasteiger partial charge in [-0.3, -0.25) is 0 Å². The Hall–Kier alpha value is -0.710. The number of benzene rings is 1. The Labute approximate surface area is 97.0 Å². The summed E-state index contributed by atoms with van der Waals surface area (Å²) in [6, 6.07) is 1.12. The second kappa shape index (κ2) is 4.28. The molecular weight excluding hydrogens is 236 g/mol. The molecule has 2 rings (SSSR count). The molecule has 1 aromatic rings. The fraction of sp³-hybridized carbons (Fsp3) is 0.455. The second-order valence-electron chi connectivity index (χ2n) is 4.11. The molecule has 16 heavy (non-hydrogen) atoms. The van der Waals surface area contributed by atoms with Crippen LogP contribution in [-0.4, -0.2) is 11.2 Å². The van der Waals surface area contributed by atoms with Gasteiger partial charge in [0.15, 0.2) is 0 Å². The van der Waals surface area contributed by atoms with E-state index in [1.807, 2.05) is 0 Å². The van der Waals surface area contributed by atoms with Crippen LogP contribution in [0.15, 0.2) is 12.1 Å². The number of rotatable bonds is 3. The third-order valence-corrected chi connectivity index (χ3v) is 3.18. The zero-order valence-corrected chi connectivity index (χ0v) is 9.22. The summed E-state index contributed by atoms with van der Waals surface area (Å²) in [5, 5.41) is 9.56. The van der Waals surface area contributed by atoms with Gasteiger partial charge in [-0.1, -0.05) is 11.6 Å². The number of aliphatic hydroxyl groups excluding tert-OH is 1. The predicted molar refractivity (Wildman–Crippen MR) is 57.0 cm³/mol. The van der Waals surface area contributed by atoms with Crippen molar-refractivity contribution in [1.29, 1.82) is 0 Å². The van der Waals surface area contributed by atoms with Crippen LogP contribution >= 0.6 is 11.6 Å². The number of hydrogen-bond donors (Lipinski definition) is 2. The van der Waals surface area contributed by atoms with Gasteiger partial charge in [0, 0.05) is 5.56 Å². The van der Waals surface area contributed by atoms with Crippen molar-refractivity contribution in [3.63, 3.8) is 0 Å². The highest BCUT2D eigenvalue weighted by atomic mass is 35.5. The van der Waals surface area contributed by atoms with Crippen molar-refractivity contribution in [3.8, 4) is 0 Å². The molecule has 0 heterocycles. The third-order valence-electron chi connectivity index (χ3n) is 2.89. The van der Waals surface area contributed by atoms with E-state index >= 15 is 0 Å². The fourth-order valence-electron chi connectivity index (χ4n) is 1.75. The highest BCUT2D eigenvalue weighted by Gasteiger charge is 2.36. The summed E-state index contributed by atoms with van der Waals surface area (Å²) in [7, 11) is 0. The van der Waals surface area contributed by atoms with Crippen molar-refractivity contribution in [1.82, 2.24) is 0 Å². The average molecular weight is 248 g/mol. The first kappa shape index (κ1) is 11.8. The van der Waals surface area contributed by atoms with Crippen LogP contribution in [0.1, 0.15) is 24.4 Å². The SMILES string of the molecule is N[C@H](c1c(F)ccc(Cl)c1F)[C@@H](O)C1CC1. The average Bonchev–Trinajstić information content (AvgIpc) is 3.06. The van der Waals surface area contributed by atoms with Gasteiger partial charge in [-0.2, -0.15) is 0 Å². The predicted octanol–water partition coefficient (Wildman–Crippen LogP) is 2.39. The second-order valence-corrected chi connectivity index (χ2v) is 4.52. The normalized spacial score (nSPS) is 19.6. The highest BCUT2D eigenvalue weighted by molar-refractivity contribution is 6.30. The van der Waals surface area contributed by atoms with Crippen LogP contribution in [0.4, 0.5) is 8.78 Å². The Kier molecular flexibility index (Phi) is 3.15. The maximum Gasteiger partial charge on any atom is 0.149 e. The smallest absolute Gasteiger partial charge is 0.149 e. The van der Waals surface area contributed by atoms with E-state index in [2.05, 4.69) is 0 Å². The molecule has 3 N–H and O–H groups in total. The molecule has 5 heteroatoms. The molecule has 1 aromatic carbocycles. The van der Waals surface area contributed by atoms with Gasteiger partial charge < -0.3 is 10.8 Å². The van der Waals surface area contributed by atoms with Gasteiger partial charge in [0.05, 0.1) is 17.2 Å². The molecule has 0 unspecified atom stereocenters. The first-order valence-electron chi connectivity index (χ1n) is 5.09. The lowest BCUT2D eigenvalue weighted by Gasteiger charge is -2.20. The molecule has 0 spiro atoms. The summed E-state index contributed by atoms with van der Waals surface area (Å²) in [5.41, 5.74) is 5.33. The topological polar surface area (TPSA) is 46.2 Å². The summed E-state index contributed by atoms with van der Waals surface area (Å²) in [6.07, 6.45) is 0.777. The van der Waals surface area contributed by atoms with Crippen molar-refractivity contribution in [3.05, 3.63) is 34.4 Å². The lowest BCUT2D eigenvalue weighted by molar-refractivity contribution is 0.119. The van der Waals surface area contributed by atoms with Crippen LogP contribution in [-0.2, 0) is 0 Å². The molecule has 0 saturated heterocycles. The number of aliphatic hydroxyl groups is 1. The lowest BCUT2D eigenvalue weighted by atomic mass is 9.98. The summed E-state index contributed by atoms with van der Waals surface area (Å²) in [5.74, 6) is -1.60. The Balaban J connectivity index is 2.34. The molecule has 1 fully saturated rings. The molecule has 1 saturated carbocycles. The Bertz CT molecular complexity index is 409. The molecule has 1 aliphatic carbocycles. The summed E-state index contributed by atoms with van der Waals surface area (Å²) < 4.78 is 27.0. The van der Waals surface area contributed by atoms with Crippen LogP contribution < -0.4 is 5.73 Å². The van der Waals surface area contributed by atoms with E-state index in [-0.39, 0.29) is 16.5 Å². The van der Waals surface area contributed by atoms with Crippen molar-refractivity contribution in [2.45, 2.75) is 25.0 Å². The van der Waals surface area contributed by atoms with Crippen LogP contribution in [0.25, 0.3) is 0 Å². The van der Waals surface area contributed by atoms with Gasteiger partial charge in [-0.25, -0.2) is 8.78 Å². The van der Waals surface area contributed by atoms with Crippen LogP contribution in [0.5, 0.6) is 0 Å². The van der Waals surface area contributed by atoms with Gasteiger partial charge in [0.25, 0.3) is 0 Å². The van der Waals surface area contributed by atoms with Gasteiger partial charge in [0.1, 0.15) is 11.6 Å². The van der Waals surface area contributed by atoms with Crippen LogP contribution in [0.3, 0.4) is 0 Å². The van der Waals surface area contributed by atoms with E-state index in [9.17, 15) is 13.9 Å². The molecule has 0 radical (unpaired) electrons. The summed E-state index contributed by atoms with van der Waals surface area (Å²) in [6.45, 7) is 0. The number of hydrogen-bond acceptors (Lipinski definition) is 2. The summed E-state index contributed by atoms with van der Waals surface area (Å²) in [4.78, 5) is 0. The Morgan fingerprint density at radius 2 is 2.00 bits per heavy atom. The van der Waals surface area contributed by atoms with Crippen molar-refractivity contribution in [2.75, 3.05) is 0 Å². The minimum Gasteiger partial charge on any atom is -0.391 e. The van der Waals surface area contributed by atoms with Gasteiger partial charge in [-0.15, -0.1) is 0 Å². The monoisotopic (exact) mass is 247 g/mol. The zero-order valence-electron chi connectivity index (χ0n) is 8.46. The Morgan fingerprint density at radius 3 is 2.56 bits per heavy atom. The molecule has 0 amide bonds. The maximum absolute atomic E-state index is 13.6. The molecule has 2 nitrogen and oxygen atoms in total. The molecule has 2 atom stereocenters. The van der Waals surface area contributed by atoms with Gasteiger partial charge >= 0.3 is 0 Å². The molecule has 0 aromatic heterocycles. The van der Waals surface area contributed by atoms with Crippen LogP contribution in [0.2, 0.25) is 5.02 Å². The van der Waals surface area contributed by atoms with Gasteiger partial charge in [-0.05, 0) is 30.9 Å². The molecule has 1 aliphatic rings. The maximum atomic E-state index is 13.6. The van der Waals surface area contributed by atoms with E-state index in [1.165, 1.54) is 0 Å². The fourth-order valence-corrected chi connectivity index (χ4v) is 1.91. The van der Waals surface area contributed by atoms with E-state index < -0.39 is 23.8 Å². The minimum atomic E-state index is -1.06. The van der Waals surface area contributed by atoms with E-state index in [1.54, 1.807) is 0 Å². The Morgan fingerprint density at radius 1 is 1.38 bits per heavy atom. The molecule has 0 bridgehead atoms. The third kappa shape index (κ3) is 2.05. The number of nitrogens with two attached hydrogens (primary N) is 1. The first-order chi connectivity index (χ1) is 7.52. The van der Waals surface area contributed by atoms with Crippen LogP contribution in [0, 0.1) is 17.6 Å². The lowest BCUT2D eigenvalue weighted by Crippen LogP contribution is -2.29. The van der Waals surface area contributed by atoms with Crippen molar-refractivity contribution >= 4 is 11.6 Å². The van der Waals surface area contributed by atoms with Crippen molar-refractivity contribution in [2.24, 2.45) is 11.7 Å². The zero-order chi connectivity index (χ0) is 11.9. The van der Waals surface area contributed by atoms with E-state index in [0.29, 0.717) is 0 Å². The van der Waals surface area contributed by atoms with Gasteiger partial charge in [0.2, 0.25) is 0 Å². The number of halogens is 3. The first-order valence-corrected chi connectivity index (χ1v) is 5.47. The molecular formula is C11H12ClF2NO. The van der Waals surface area contributed by atoms with Crippen molar-refractivity contribution < 1.29 is 13.9 Å². The quantitative estimate of drug-likeness (QED) is 0.806. The molecule has 88 valence electrons. The standard InChI is InChI=1S/C11H12ClF2NO/c12-6-3-4-7(13)8(9(6)14)10(15)11(16)5-1-2-5/h3-5,10-11,16H,1-2,15H2/t10-,11+/m1/s1. The largest absolute Gasteiger partial charge is 0.391 e. The summed E-state index contributed by atoms with van der Waals surface area (Å²) >= 11 is 5.55.